The molecule has 0 saturated heterocycles. The van der Waals surface area contributed by atoms with Crippen LogP contribution in [0.5, 0.6) is 5.75 Å². The van der Waals surface area contributed by atoms with Crippen LogP contribution >= 0.6 is 0 Å². The minimum Gasteiger partial charge on any atom is -0.507 e. The van der Waals surface area contributed by atoms with Crippen LogP contribution in [0.15, 0.2) is 35.3 Å². The van der Waals surface area contributed by atoms with Gasteiger partial charge in [0, 0.05) is 11.3 Å². The highest BCUT2D eigenvalue weighted by Crippen LogP contribution is 2.50. The monoisotopic (exact) mass is 375 g/mol. The minimum atomic E-state index is -0.353. The van der Waals surface area contributed by atoms with Gasteiger partial charge in [-0.15, -0.1) is 0 Å². The molecule has 1 aliphatic heterocycles. The van der Waals surface area contributed by atoms with Gasteiger partial charge in [-0.3, -0.25) is 9.79 Å². The van der Waals surface area contributed by atoms with Crippen LogP contribution in [0.1, 0.15) is 55.2 Å². The molecular formula is C23H25N3O2. The summed E-state index contributed by atoms with van der Waals surface area (Å²) >= 11 is 0. The van der Waals surface area contributed by atoms with Crippen LogP contribution in [-0.4, -0.2) is 22.9 Å². The lowest BCUT2D eigenvalue weighted by atomic mass is 9.79. The molecule has 2 aromatic carbocycles. The van der Waals surface area contributed by atoms with Crippen LogP contribution in [0.3, 0.4) is 0 Å². The molecule has 0 aromatic heterocycles. The number of carbonyl (C=O) groups excluding carboxylic acids is 1. The molecule has 1 heterocycles. The predicted octanol–water partition coefficient (Wildman–Crippen LogP) is 4.00. The number of nitrogens with two attached hydrogens (primary N) is 1. The lowest BCUT2D eigenvalue weighted by Crippen LogP contribution is -2.30. The van der Waals surface area contributed by atoms with E-state index in [9.17, 15) is 9.90 Å². The quantitative estimate of drug-likeness (QED) is 0.560. The van der Waals surface area contributed by atoms with E-state index < -0.39 is 0 Å². The molecule has 2 aromatic rings. The number of fused-ring (bicyclic) bond motifs is 2. The van der Waals surface area contributed by atoms with Gasteiger partial charge in [-0.05, 0) is 61.4 Å². The van der Waals surface area contributed by atoms with E-state index >= 15 is 0 Å². The van der Waals surface area contributed by atoms with Gasteiger partial charge in [-0.25, -0.2) is 0 Å². The number of hydrogen-bond donors (Lipinski definition) is 3. The summed E-state index contributed by atoms with van der Waals surface area (Å²) in [5.41, 5.74) is 10.9. The Balaban J connectivity index is 1.59. The summed E-state index contributed by atoms with van der Waals surface area (Å²) in [7, 11) is 0. The summed E-state index contributed by atoms with van der Waals surface area (Å²) in [5.74, 6) is 0.662. The maximum Gasteiger partial charge on any atom is 0.235 e. The molecule has 3 aliphatic rings. The standard InChI is InChI=1S/C23H25N3O2/c1-13-4-8-16(21(24)25-15-6-7-15)20(27)19(13)14-5-9-17-18(12-14)26-22(28)23(17)10-2-3-11-23/h4-5,8-9,12,15,27H,2-3,6-7,10-11H2,1H3,(H2,24,25)(H,26,28). The number of nitrogens with zero attached hydrogens (tertiary/aromatic N) is 1. The van der Waals surface area contributed by atoms with Gasteiger partial charge in [0.05, 0.1) is 17.0 Å². The predicted molar refractivity (Wildman–Crippen MR) is 111 cm³/mol. The summed E-state index contributed by atoms with van der Waals surface area (Å²) in [6.07, 6.45) is 6.14. The van der Waals surface area contributed by atoms with Crippen molar-refractivity contribution in [2.24, 2.45) is 10.7 Å². The second kappa shape index (κ2) is 6.09. The van der Waals surface area contributed by atoms with Gasteiger partial charge in [0.2, 0.25) is 5.91 Å². The van der Waals surface area contributed by atoms with Crippen molar-refractivity contribution >= 4 is 17.4 Å². The van der Waals surface area contributed by atoms with E-state index in [-0.39, 0.29) is 17.1 Å². The lowest BCUT2D eigenvalue weighted by molar-refractivity contribution is -0.120. The number of aromatic hydroxyl groups is 1. The Morgan fingerprint density at radius 1 is 1.21 bits per heavy atom. The third-order valence-electron chi connectivity index (χ3n) is 6.49. The Morgan fingerprint density at radius 2 is 1.96 bits per heavy atom. The van der Waals surface area contributed by atoms with E-state index in [1.54, 1.807) is 0 Å². The molecule has 28 heavy (non-hydrogen) atoms. The number of phenols is 1. The Kier molecular flexibility index (Phi) is 3.76. The molecule has 0 unspecified atom stereocenters. The van der Waals surface area contributed by atoms with Crippen LogP contribution in [0.4, 0.5) is 5.69 Å². The van der Waals surface area contributed by atoms with E-state index in [1.807, 2.05) is 31.2 Å². The van der Waals surface area contributed by atoms with Crippen molar-refractivity contribution in [1.29, 1.82) is 0 Å². The number of hydrogen-bond acceptors (Lipinski definition) is 3. The summed E-state index contributed by atoms with van der Waals surface area (Å²) in [6, 6.07) is 10.1. The topological polar surface area (TPSA) is 87.7 Å². The Morgan fingerprint density at radius 3 is 2.68 bits per heavy atom. The SMILES string of the molecule is Cc1ccc(C(N)=NC2CC2)c(O)c1-c1ccc2c(c1)NC(=O)C21CCCC1. The molecule has 5 rings (SSSR count). The average molecular weight is 375 g/mol. The number of aryl methyl sites for hydroxylation is 1. The van der Waals surface area contributed by atoms with E-state index in [1.165, 1.54) is 0 Å². The first-order valence-electron chi connectivity index (χ1n) is 10.1. The summed E-state index contributed by atoms with van der Waals surface area (Å²) in [6.45, 7) is 1.97. The van der Waals surface area contributed by atoms with Gasteiger partial charge in [0.15, 0.2) is 0 Å². The van der Waals surface area contributed by atoms with E-state index in [4.69, 9.17) is 5.73 Å². The van der Waals surface area contributed by atoms with Gasteiger partial charge in [0.1, 0.15) is 11.6 Å². The Bertz CT molecular complexity index is 1010. The zero-order valence-corrected chi connectivity index (χ0v) is 16.1. The number of rotatable bonds is 3. The van der Waals surface area contributed by atoms with Gasteiger partial charge < -0.3 is 16.2 Å². The van der Waals surface area contributed by atoms with E-state index in [0.717, 1.165) is 66.5 Å². The number of aliphatic imine (C=N–C) groups is 1. The van der Waals surface area contributed by atoms with E-state index in [2.05, 4.69) is 16.4 Å². The largest absolute Gasteiger partial charge is 0.507 e. The maximum atomic E-state index is 12.7. The molecular weight excluding hydrogens is 350 g/mol. The molecule has 2 fully saturated rings. The highest BCUT2D eigenvalue weighted by molar-refractivity contribution is 6.07. The fraction of sp³-hybridized carbons (Fsp3) is 0.391. The van der Waals surface area contributed by atoms with Gasteiger partial charge in [0.25, 0.3) is 0 Å². The molecule has 5 heteroatoms. The van der Waals surface area contributed by atoms with Crippen molar-refractivity contribution in [2.45, 2.75) is 56.9 Å². The van der Waals surface area contributed by atoms with Gasteiger partial charge >= 0.3 is 0 Å². The zero-order valence-electron chi connectivity index (χ0n) is 16.1. The first-order valence-corrected chi connectivity index (χ1v) is 10.1. The Hall–Kier alpha value is -2.82. The first-order chi connectivity index (χ1) is 13.5. The number of nitrogens with one attached hydrogen (secondary N) is 1. The van der Waals surface area contributed by atoms with Crippen molar-refractivity contribution in [1.82, 2.24) is 0 Å². The second-order valence-corrected chi connectivity index (χ2v) is 8.40. The highest BCUT2D eigenvalue weighted by atomic mass is 16.3. The second-order valence-electron chi connectivity index (χ2n) is 8.40. The van der Waals surface area contributed by atoms with Crippen LogP contribution in [-0.2, 0) is 10.2 Å². The third-order valence-corrected chi connectivity index (χ3v) is 6.49. The van der Waals surface area contributed by atoms with E-state index in [0.29, 0.717) is 17.4 Å². The zero-order chi connectivity index (χ0) is 19.5. The van der Waals surface area contributed by atoms with Crippen molar-refractivity contribution in [3.8, 4) is 16.9 Å². The molecule has 1 spiro atoms. The molecule has 2 saturated carbocycles. The molecule has 0 atom stereocenters. The van der Waals surface area contributed by atoms with Crippen LogP contribution in [0, 0.1) is 6.92 Å². The summed E-state index contributed by atoms with van der Waals surface area (Å²) in [4.78, 5) is 17.2. The van der Waals surface area contributed by atoms with Gasteiger partial charge in [-0.1, -0.05) is 31.0 Å². The number of anilines is 1. The number of phenolic OH excluding ortho intramolecular Hbond substituents is 1. The Labute approximate surface area is 164 Å². The molecule has 144 valence electrons. The fourth-order valence-corrected chi connectivity index (χ4v) is 4.79. The van der Waals surface area contributed by atoms with Gasteiger partial charge in [-0.2, -0.15) is 0 Å². The first kappa shape index (κ1) is 17.3. The average Bonchev–Trinajstić information content (AvgIpc) is 3.26. The third kappa shape index (κ3) is 2.53. The van der Waals surface area contributed by atoms with Crippen molar-refractivity contribution in [2.75, 3.05) is 5.32 Å². The number of amides is 1. The fourth-order valence-electron chi connectivity index (χ4n) is 4.79. The molecule has 0 bridgehead atoms. The van der Waals surface area contributed by atoms with Crippen LogP contribution < -0.4 is 11.1 Å². The lowest BCUT2D eigenvalue weighted by Gasteiger charge is -2.20. The summed E-state index contributed by atoms with van der Waals surface area (Å²) in [5, 5.41) is 14.1. The molecule has 0 radical (unpaired) electrons. The van der Waals surface area contributed by atoms with Crippen molar-refractivity contribution in [3.05, 3.63) is 47.0 Å². The normalized spacial score (nSPS) is 20.5. The maximum absolute atomic E-state index is 12.7. The van der Waals surface area contributed by atoms with Crippen LogP contribution in [0.25, 0.3) is 11.1 Å². The van der Waals surface area contributed by atoms with Crippen molar-refractivity contribution in [3.63, 3.8) is 0 Å². The van der Waals surface area contributed by atoms with Crippen LogP contribution in [0.2, 0.25) is 0 Å². The van der Waals surface area contributed by atoms with Crippen molar-refractivity contribution < 1.29 is 9.90 Å². The molecule has 4 N–H and O–H groups in total. The molecule has 5 nitrogen and oxygen atoms in total. The highest BCUT2D eigenvalue weighted by Gasteiger charge is 2.48. The molecule has 2 aliphatic carbocycles. The number of amidine groups is 1. The number of benzene rings is 2. The summed E-state index contributed by atoms with van der Waals surface area (Å²) < 4.78 is 0. The molecule has 1 amide bonds. The smallest absolute Gasteiger partial charge is 0.235 e. The number of carbonyl (C=O) groups is 1. The minimum absolute atomic E-state index is 0.118.